The van der Waals surface area contributed by atoms with E-state index in [2.05, 4.69) is 6.92 Å². The molecule has 1 aromatic rings. The first kappa shape index (κ1) is 10.5. The van der Waals surface area contributed by atoms with Crippen LogP contribution in [0.4, 0.5) is 0 Å². The Hall–Kier alpha value is -1.02. The molecule has 0 spiro atoms. The Bertz CT molecular complexity index is 331. The van der Waals surface area contributed by atoms with Gasteiger partial charge in [0.15, 0.2) is 0 Å². The highest BCUT2D eigenvalue weighted by Gasteiger charge is 2.36. The van der Waals surface area contributed by atoms with Crippen LogP contribution in [0.1, 0.15) is 31.7 Å². The molecule has 1 aromatic carbocycles. The van der Waals surface area contributed by atoms with Crippen molar-refractivity contribution in [1.82, 2.24) is 0 Å². The fourth-order valence-corrected chi connectivity index (χ4v) is 2.43. The number of aliphatic hydroxyl groups is 1. The molecule has 15 heavy (non-hydrogen) atoms. The second-order valence-electron chi connectivity index (χ2n) is 4.61. The maximum Gasteiger partial charge on any atom is 0.118 e. The van der Waals surface area contributed by atoms with Gasteiger partial charge in [0, 0.05) is 0 Å². The molecule has 2 unspecified atom stereocenters. The zero-order chi connectivity index (χ0) is 10.9. The van der Waals surface area contributed by atoms with Crippen LogP contribution in [0, 0.1) is 5.92 Å². The predicted molar refractivity (Wildman–Crippen MR) is 59.9 cm³/mol. The third-order valence-electron chi connectivity index (χ3n) is 3.36. The van der Waals surface area contributed by atoms with Crippen molar-refractivity contribution in [2.75, 3.05) is 7.11 Å². The maximum atomic E-state index is 10.5. The van der Waals surface area contributed by atoms with Gasteiger partial charge in [-0.3, -0.25) is 0 Å². The van der Waals surface area contributed by atoms with E-state index in [0.717, 1.165) is 30.6 Å². The number of hydrogen-bond acceptors (Lipinski definition) is 2. The van der Waals surface area contributed by atoms with Gasteiger partial charge in [0.1, 0.15) is 5.75 Å². The van der Waals surface area contributed by atoms with Crippen LogP contribution in [0.3, 0.4) is 0 Å². The van der Waals surface area contributed by atoms with Crippen molar-refractivity contribution < 1.29 is 9.84 Å². The Balaban J connectivity index is 2.22. The van der Waals surface area contributed by atoms with E-state index in [1.54, 1.807) is 7.11 Å². The molecule has 1 fully saturated rings. The van der Waals surface area contributed by atoms with Crippen molar-refractivity contribution >= 4 is 0 Å². The molecule has 0 aromatic heterocycles. The van der Waals surface area contributed by atoms with Crippen LogP contribution < -0.4 is 4.74 Å². The molecule has 0 radical (unpaired) electrons. The summed E-state index contributed by atoms with van der Waals surface area (Å²) in [5, 5.41) is 10.5. The average Bonchev–Trinajstić information content (AvgIpc) is 2.60. The minimum Gasteiger partial charge on any atom is -0.497 e. The molecule has 0 heterocycles. The van der Waals surface area contributed by atoms with Crippen molar-refractivity contribution in [3.63, 3.8) is 0 Å². The number of rotatable bonds is 2. The van der Waals surface area contributed by atoms with Crippen molar-refractivity contribution in [2.24, 2.45) is 5.92 Å². The minimum absolute atomic E-state index is 0.605. The van der Waals surface area contributed by atoms with E-state index in [1.165, 1.54) is 0 Å². The van der Waals surface area contributed by atoms with Gasteiger partial charge in [0.2, 0.25) is 0 Å². The third kappa shape index (κ3) is 2.00. The number of ether oxygens (including phenoxy) is 1. The topological polar surface area (TPSA) is 29.5 Å². The Kier molecular flexibility index (Phi) is 2.70. The van der Waals surface area contributed by atoms with Crippen LogP contribution in [0.2, 0.25) is 0 Å². The summed E-state index contributed by atoms with van der Waals surface area (Å²) in [6.07, 6.45) is 2.86. The van der Waals surface area contributed by atoms with Gasteiger partial charge >= 0.3 is 0 Å². The van der Waals surface area contributed by atoms with Crippen molar-refractivity contribution in [3.8, 4) is 5.75 Å². The summed E-state index contributed by atoms with van der Waals surface area (Å²) in [7, 11) is 1.65. The third-order valence-corrected chi connectivity index (χ3v) is 3.36. The summed E-state index contributed by atoms with van der Waals surface area (Å²) < 4.78 is 5.10. The molecule has 1 aliphatic rings. The van der Waals surface area contributed by atoms with Crippen LogP contribution in [0.5, 0.6) is 5.75 Å². The van der Waals surface area contributed by atoms with Gasteiger partial charge in [0.25, 0.3) is 0 Å². The molecule has 2 rings (SSSR count). The number of methoxy groups -OCH3 is 1. The highest BCUT2D eigenvalue weighted by atomic mass is 16.5. The fraction of sp³-hybridized carbons (Fsp3) is 0.538. The van der Waals surface area contributed by atoms with Gasteiger partial charge < -0.3 is 9.84 Å². The molecular weight excluding hydrogens is 188 g/mol. The van der Waals surface area contributed by atoms with Gasteiger partial charge in [0.05, 0.1) is 12.7 Å². The monoisotopic (exact) mass is 206 g/mol. The summed E-state index contributed by atoms with van der Waals surface area (Å²) in [4.78, 5) is 0. The fourth-order valence-electron chi connectivity index (χ4n) is 2.43. The molecule has 0 bridgehead atoms. The SMILES string of the molecule is COc1ccc(C2(O)CCC(C)C2)cc1. The zero-order valence-corrected chi connectivity index (χ0v) is 9.36. The second-order valence-corrected chi connectivity index (χ2v) is 4.61. The highest BCUT2D eigenvalue weighted by molar-refractivity contribution is 5.31. The maximum absolute atomic E-state index is 10.5. The van der Waals surface area contributed by atoms with E-state index >= 15 is 0 Å². The van der Waals surface area contributed by atoms with Gasteiger partial charge in [-0.15, -0.1) is 0 Å². The van der Waals surface area contributed by atoms with Crippen LogP contribution in [-0.2, 0) is 5.60 Å². The first-order chi connectivity index (χ1) is 7.14. The summed E-state index contributed by atoms with van der Waals surface area (Å²) >= 11 is 0. The van der Waals surface area contributed by atoms with E-state index in [-0.39, 0.29) is 0 Å². The normalized spacial score (nSPS) is 30.5. The van der Waals surface area contributed by atoms with Crippen LogP contribution in [0.25, 0.3) is 0 Å². The molecule has 0 aliphatic heterocycles. The summed E-state index contributed by atoms with van der Waals surface area (Å²) in [6.45, 7) is 2.20. The summed E-state index contributed by atoms with van der Waals surface area (Å²) in [5.41, 5.74) is 0.416. The summed E-state index contributed by atoms with van der Waals surface area (Å²) in [5.74, 6) is 1.46. The molecule has 1 N–H and O–H groups in total. The van der Waals surface area contributed by atoms with Gasteiger partial charge in [-0.25, -0.2) is 0 Å². The largest absolute Gasteiger partial charge is 0.497 e. The Morgan fingerprint density at radius 1 is 1.33 bits per heavy atom. The lowest BCUT2D eigenvalue weighted by Crippen LogP contribution is -2.21. The lowest BCUT2D eigenvalue weighted by Gasteiger charge is -2.23. The molecule has 2 atom stereocenters. The predicted octanol–water partition coefficient (Wildman–Crippen LogP) is 2.70. The number of benzene rings is 1. The van der Waals surface area contributed by atoms with E-state index in [1.807, 2.05) is 24.3 Å². The molecule has 0 amide bonds. The van der Waals surface area contributed by atoms with Gasteiger partial charge in [-0.2, -0.15) is 0 Å². The molecular formula is C13H18O2. The summed E-state index contributed by atoms with van der Waals surface area (Å²) in [6, 6.07) is 7.76. The first-order valence-electron chi connectivity index (χ1n) is 5.51. The molecule has 1 aliphatic carbocycles. The van der Waals surface area contributed by atoms with E-state index in [9.17, 15) is 5.11 Å². The standard InChI is InChI=1S/C13H18O2/c1-10-7-8-13(14,9-10)11-3-5-12(15-2)6-4-11/h3-6,10,14H,7-9H2,1-2H3. The van der Waals surface area contributed by atoms with E-state index in [4.69, 9.17) is 4.74 Å². The van der Waals surface area contributed by atoms with Crippen molar-refractivity contribution in [2.45, 2.75) is 31.8 Å². The van der Waals surface area contributed by atoms with Crippen molar-refractivity contribution in [1.29, 1.82) is 0 Å². The minimum atomic E-state index is -0.605. The Morgan fingerprint density at radius 3 is 2.47 bits per heavy atom. The molecule has 0 saturated heterocycles. The average molecular weight is 206 g/mol. The number of hydrogen-bond donors (Lipinski definition) is 1. The molecule has 1 saturated carbocycles. The van der Waals surface area contributed by atoms with Gasteiger partial charge in [-0.1, -0.05) is 19.1 Å². The quantitative estimate of drug-likeness (QED) is 0.806. The van der Waals surface area contributed by atoms with Gasteiger partial charge in [-0.05, 0) is 42.9 Å². The smallest absolute Gasteiger partial charge is 0.118 e. The van der Waals surface area contributed by atoms with E-state index in [0.29, 0.717) is 5.92 Å². The molecule has 2 heteroatoms. The molecule has 82 valence electrons. The zero-order valence-electron chi connectivity index (χ0n) is 9.36. The lowest BCUT2D eigenvalue weighted by atomic mass is 9.91. The van der Waals surface area contributed by atoms with Crippen LogP contribution in [0.15, 0.2) is 24.3 Å². The van der Waals surface area contributed by atoms with Crippen LogP contribution >= 0.6 is 0 Å². The first-order valence-corrected chi connectivity index (χ1v) is 5.51. The van der Waals surface area contributed by atoms with Crippen LogP contribution in [-0.4, -0.2) is 12.2 Å². The second kappa shape index (κ2) is 3.86. The lowest BCUT2D eigenvalue weighted by molar-refractivity contribution is 0.0407. The highest BCUT2D eigenvalue weighted by Crippen LogP contribution is 2.41. The molecule has 2 nitrogen and oxygen atoms in total. The van der Waals surface area contributed by atoms with E-state index < -0.39 is 5.60 Å². The Morgan fingerprint density at radius 2 is 2.00 bits per heavy atom. The Labute approximate surface area is 90.9 Å². The van der Waals surface area contributed by atoms with Crippen molar-refractivity contribution in [3.05, 3.63) is 29.8 Å².